The molecule has 104 valence electrons. The fraction of sp³-hybridized carbons (Fsp3) is 0.176. The molecule has 0 aliphatic heterocycles. The Balaban J connectivity index is 1.75. The number of benzene rings is 2. The molecule has 0 saturated carbocycles. The number of nitrogens with one attached hydrogen (secondary N) is 1. The molecule has 2 aromatic carbocycles. The third-order valence-corrected chi connectivity index (χ3v) is 4.14. The van der Waals surface area contributed by atoms with Gasteiger partial charge in [0.15, 0.2) is 5.82 Å². The molecule has 0 bridgehead atoms. The minimum atomic E-state index is 0.0585. The van der Waals surface area contributed by atoms with Gasteiger partial charge in [-0.3, -0.25) is 0 Å². The van der Waals surface area contributed by atoms with Crippen molar-refractivity contribution in [1.82, 2.24) is 10.2 Å². The summed E-state index contributed by atoms with van der Waals surface area (Å²) in [5.41, 5.74) is 8.89. The molecular weight excluding hydrogens is 260 g/mol. The first-order chi connectivity index (χ1) is 10.3. The Morgan fingerprint density at radius 1 is 1.05 bits per heavy atom. The van der Waals surface area contributed by atoms with Crippen molar-refractivity contribution in [2.24, 2.45) is 5.73 Å². The van der Waals surface area contributed by atoms with Gasteiger partial charge in [0, 0.05) is 16.8 Å². The molecule has 0 saturated heterocycles. The molecule has 0 radical (unpaired) electrons. The van der Waals surface area contributed by atoms with E-state index >= 15 is 0 Å². The SMILES string of the molecule is NC1Cc2ccccc2C1Nc1nncc2ccccc12. The minimum absolute atomic E-state index is 0.0585. The predicted molar refractivity (Wildman–Crippen MR) is 84.0 cm³/mol. The molecule has 3 N–H and O–H groups in total. The number of anilines is 1. The minimum Gasteiger partial charge on any atom is -0.360 e. The van der Waals surface area contributed by atoms with Gasteiger partial charge in [-0.25, -0.2) is 0 Å². The van der Waals surface area contributed by atoms with Gasteiger partial charge in [0.2, 0.25) is 0 Å². The topological polar surface area (TPSA) is 63.8 Å². The third kappa shape index (κ3) is 2.04. The van der Waals surface area contributed by atoms with Gasteiger partial charge in [-0.2, -0.15) is 5.10 Å². The number of nitrogens with two attached hydrogens (primary N) is 1. The maximum Gasteiger partial charge on any atom is 0.157 e. The molecule has 1 aliphatic rings. The molecule has 3 aromatic rings. The van der Waals surface area contributed by atoms with Crippen molar-refractivity contribution in [3.05, 3.63) is 65.9 Å². The molecule has 4 nitrogen and oxygen atoms in total. The highest BCUT2D eigenvalue weighted by molar-refractivity contribution is 5.91. The number of nitrogens with zero attached hydrogens (tertiary/aromatic N) is 2. The molecule has 0 spiro atoms. The van der Waals surface area contributed by atoms with Crippen LogP contribution < -0.4 is 11.1 Å². The summed E-state index contributed by atoms with van der Waals surface area (Å²) in [6.45, 7) is 0. The van der Waals surface area contributed by atoms with Crippen molar-refractivity contribution >= 4 is 16.6 Å². The molecule has 0 amide bonds. The van der Waals surface area contributed by atoms with E-state index in [2.05, 4.69) is 45.8 Å². The van der Waals surface area contributed by atoms with E-state index in [4.69, 9.17) is 5.73 Å². The van der Waals surface area contributed by atoms with Crippen LogP contribution in [0.5, 0.6) is 0 Å². The van der Waals surface area contributed by atoms with E-state index in [1.54, 1.807) is 6.20 Å². The highest BCUT2D eigenvalue weighted by atomic mass is 15.2. The number of fused-ring (bicyclic) bond motifs is 2. The van der Waals surface area contributed by atoms with E-state index in [9.17, 15) is 0 Å². The quantitative estimate of drug-likeness (QED) is 0.755. The first-order valence-electron chi connectivity index (χ1n) is 7.13. The van der Waals surface area contributed by atoms with Gasteiger partial charge >= 0.3 is 0 Å². The second kappa shape index (κ2) is 4.82. The summed E-state index contributed by atoms with van der Waals surface area (Å²) in [6.07, 6.45) is 2.68. The molecule has 21 heavy (non-hydrogen) atoms. The summed E-state index contributed by atoms with van der Waals surface area (Å²) < 4.78 is 0. The van der Waals surface area contributed by atoms with E-state index in [1.165, 1.54) is 11.1 Å². The maximum absolute atomic E-state index is 6.31. The third-order valence-electron chi connectivity index (χ3n) is 4.14. The summed E-state index contributed by atoms with van der Waals surface area (Å²) >= 11 is 0. The summed E-state index contributed by atoms with van der Waals surface area (Å²) in [5.74, 6) is 0.797. The van der Waals surface area contributed by atoms with Crippen molar-refractivity contribution in [1.29, 1.82) is 0 Å². The van der Waals surface area contributed by atoms with Gasteiger partial charge < -0.3 is 11.1 Å². The highest BCUT2D eigenvalue weighted by Gasteiger charge is 2.30. The molecule has 2 unspecified atom stereocenters. The highest BCUT2D eigenvalue weighted by Crippen LogP contribution is 2.33. The van der Waals surface area contributed by atoms with Crippen LogP contribution in [0.2, 0.25) is 0 Å². The van der Waals surface area contributed by atoms with Gasteiger partial charge in [0.1, 0.15) is 0 Å². The zero-order valence-electron chi connectivity index (χ0n) is 11.5. The summed E-state index contributed by atoms with van der Waals surface area (Å²) in [7, 11) is 0. The lowest BCUT2D eigenvalue weighted by atomic mass is 10.1. The maximum atomic E-state index is 6.31. The molecule has 1 aromatic heterocycles. The van der Waals surface area contributed by atoms with Crippen LogP contribution in [0.1, 0.15) is 17.2 Å². The van der Waals surface area contributed by atoms with Crippen LogP contribution in [0.25, 0.3) is 10.8 Å². The Morgan fingerprint density at radius 2 is 1.86 bits per heavy atom. The molecule has 4 heteroatoms. The second-order valence-corrected chi connectivity index (χ2v) is 5.47. The zero-order valence-corrected chi connectivity index (χ0v) is 11.5. The fourth-order valence-electron chi connectivity index (χ4n) is 3.09. The van der Waals surface area contributed by atoms with E-state index in [1.807, 2.05) is 18.2 Å². The van der Waals surface area contributed by atoms with Crippen molar-refractivity contribution in [3.8, 4) is 0 Å². The van der Waals surface area contributed by atoms with Crippen LogP contribution in [-0.4, -0.2) is 16.2 Å². The monoisotopic (exact) mass is 276 g/mol. The second-order valence-electron chi connectivity index (χ2n) is 5.47. The Hall–Kier alpha value is -2.46. The smallest absolute Gasteiger partial charge is 0.157 e. The van der Waals surface area contributed by atoms with E-state index < -0.39 is 0 Å². The number of hydrogen-bond donors (Lipinski definition) is 2. The van der Waals surface area contributed by atoms with Gasteiger partial charge in [0.05, 0.1) is 12.2 Å². The van der Waals surface area contributed by atoms with Crippen molar-refractivity contribution in [2.45, 2.75) is 18.5 Å². The molecule has 0 fully saturated rings. The van der Waals surface area contributed by atoms with Crippen LogP contribution in [0.3, 0.4) is 0 Å². The average molecular weight is 276 g/mol. The number of aromatic nitrogens is 2. The lowest BCUT2D eigenvalue weighted by Gasteiger charge is -2.19. The standard InChI is InChI=1S/C17H16N4/c18-15-9-11-5-1-3-7-13(11)16(15)20-17-14-8-4-2-6-12(14)10-19-21-17/h1-8,10,15-16H,9,18H2,(H,20,21). The van der Waals surface area contributed by atoms with Crippen LogP contribution in [0.15, 0.2) is 54.7 Å². The van der Waals surface area contributed by atoms with Gasteiger partial charge in [-0.05, 0) is 17.5 Å². The first-order valence-corrected chi connectivity index (χ1v) is 7.13. The van der Waals surface area contributed by atoms with Crippen molar-refractivity contribution in [2.75, 3.05) is 5.32 Å². The first kappa shape index (κ1) is 12.3. The lowest BCUT2D eigenvalue weighted by molar-refractivity contribution is 0.623. The Labute approximate surface area is 123 Å². The molecule has 1 heterocycles. The normalized spacial score (nSPS) is 20.4. The van der Waals surface area contributed by atoms with E-state index in [-0.39, 0.29) is 12.1 Å². The van der Waals surface area contributed by atoms with E-state index in [0.29, 0.717) is 0 Å². The van der Waals surface area contributed by atoms with Crippen LogP contribution in [0.4, 0.5) is 5.82 Å². The van der Waals surface area contributed by atoms with Crippen LogP contribution in [0, 0.1) is 0 Å². The van der Waals surface area contributed by atoms with E-state index in [0.717, 1.165) is 23.0 Å². The van der Waals surface area contributed by atoms with Crippen LogP contribution in [-0.2, 0) is 6.42 Å². The Kier molecular flexibility index (Phi) is 2.82. The van der Waals surface area contributed by atoms with Gasteiger partial charge in [0.25, 0.3) is 0 Å². The van der Waals surface area contributed by atoms with Gasteiger partial charge in [-0.1, -0.05) is 48.5 Å². The predicted octanol–water partition coefficient (Wildman–Crippen LogP) is 2.67. The largest absolute Gasteiger partial charge is 0.360 e. The molecule has 4 rings (SSSR count). The molecular formula is C17H16N4. The molecule has 1 aliphatic carbocycles. The Bertz CT molecular complexity index is 794. The summed E-state index contributed by atoms with van der Waals surface area (Å²) in [5, 5.41) is 14.0. The zero-order chi connectivity index (χ0) is 14.2. The van der Waals surface area contributed by atoms with Gasteiger partial charge in [-0.15, -0.1) is 5.10 Å². The van der Waals surface area contributed by atoms with Crippen molar-refractivity contribution in [3.63, 3.8) is 0 Å². The van der Waals surface area contributed by atoms with Crippen molar-refractivity contribution < 1.29 is 0 Å². The Morgan fingerprint density at radius 3 is 2.81 bits per heavy atom. The summed E-state index contributed by atoms with van der Waals surface area (Å²) in [4.78, 5) is 0. The van der Waals surface area contributed by atoms with Crippen LogP contribution >= 0.6 is 0 Å². The summed E-state index contributed by atoms with van der Waals surface area (Å²) in [6, 6.07) is 16.7. The molecule has 2 atom stereocenters. The fourth-order valence-corrected chi connectivity index (χ4v) is 3.09. The lowest BCUT2D eigenvalue weighted by Crippen LogP contribution is -2.30. The average Bonchev–Trinajstić information content (AvgIpc) is 2.84. The number of hydrogen-bond acceptors (Lipinski definition) is 4. The number of rotatable bonds is 2.